The highest BCUT2D eigenvalue weighted by Crippen LogP contribution is 2.10. The lowest BCUT2D eigenvalue weighted by atomic mass is 10.1. The molecule has 0 unspecified atom stereocenters. The molecule has 0 aliphatic rings. The number of benzene rings is 1. The molecule has 0 aromatic heterocycles. The molecule has 6 nitrogen and oxygen atoms in total. The first-order chi connectivity index (χ1) is 11.2. The summed E-state index contributed by atoms with van der Waals surface area (Å²) in [4.78, 5) is 35.2. The van der Waals surface area contributed by atoms with Crippen LogP contribution in [0.15, 0.2) is 30.3 Å². The third kappa shape index (κ3) is 8.85. The Labute approximate surface area is 155 Å². The van der Waals surface area contributed by atoms with Gasteiger partial charge in [0.2, 0.25) is 0 Å². The number of nitrogens with one attached hydrogen (secondary N) is 1. The van der Waals surface area contributed by atoms with E-state index in [4.69, 9.17) is 9.47 Å². The van der Waals surface area contributed by atoms with Crippen LogP contribution in [0.2, 0.25) is 0 Å². The van der Waals surface area contributed by atoms with Crippen molar-refractivity contribution in [2.24, 2.45) is 0 Å². The number of esters is 1. The molecule has 0 aliphatic carbocycles. The molecule has 1 N–H and O–H groups in total. The lowest BCUT2D eigenvalue weighted by molar-refractivity contribution is -0.147. The van der Waals surface area contributed by atoms with E-state index in [9.17, 15) is 14.4 Å². The van der Waals surface area contributed by atoms with Gasteiger partial charge in [0, 0.05) is 6.42 Å². The van der Waals surface area contributed by atoms with Gasteiger partial charge in [-0.15, -0.1) is 0 Å². The second-order valence-electron chi connectivity index (χ2n) is 6.19. The predicted molar refractivity (Wildman–Crippen MR) is 97.7 cm³/mol. The van der Waals surface area contributed by atoms with Gasteiger partial charge in [-0.2, -0.15) is 0 Å². The van der Waals surface area contributed by atoms with Crippen LogP contribution >= 0.6 is 22.6 Å². The maximum atomic E-state index is 12.2. The monoisotopic (exact) mass is 447 g/mol. The number of hydrogen-bond donors (Lipinski definition) is 1. The summed E-state index contributed by atoms with van der Waals surface area (Å²) in [5, 5.41) is 2.47. The Balaban J connectivity index is 2.64. The fraction of sp³-hybridized carbons (Fsp3) is 0.471. The molecule has 0 heterocycles. The van der Waals surface area contributed by atoms with Crippen molar-refractivity contribution in [1.82, 2.24) is 5.32 Å². The highest BCUT2D eigenvalue weighted by Gasteiger charge is 2.26. The number of carbonyl (C=O) groups excluding carboxylic acids is 3. The van der Waals surface area contributed by atoms with E-state index < -0.39 is 23.7 Å². The van der Waals surface area contributed by atoms with Gasteiger partial charge in [0.05, 0.1) is 0 Å². The molecule has 7 heteroatoms. The Morgan fingerprint density at radius 3 is 2.33 bits per heavy atom. The molecule has 0 saturated heterocycles. The van der Waals surface area contributed by atoms with Crippen molar-refractivity contribution in [3.8, 4) is 0 Å². The normalized spacial score (nSPS) is 12.2. The van der Waals surface area contributed by atoms with Gasteiger partial charge < -0.3 is 14.8 Å². The standard InChI is InChI=1S/C17H22INO5/c1-17(2,3)24-16(22)19-13(9-10-14(18)20)15(21)23-11-12-7-5-4-6-8-12/h4-8,13H,9-11H2,1-3H3,(H,19,22)/t13-/m0/s1. The van der Waals surface area contributed by atoms with Gasteiger partial charge in [0.25, 0.3) is 0 Å². The van der Waals surface area contributed by atoms with Gasteiger partial charge in [0.15, 0.2) is 3.79 Å². The van der Waals surface area contributed by atoms with Gasteiger partial charge >= 0.3 is 12.1 Å². The summed E-state index contributed by atoms with van der Waals surface area (Å²) in [7, 11) is 0. The minimum Gasteiger partial charge on any atom is -0.459 e. The molecule has 1 aromatic rings. The summed E-state index contributed by atoms with van der Waals surface area (Å²) in [5.74, 6) is -0.595. The summed E-state index contributed by atoms with van der Waals surface area (Å²) in [6.07, 6.45) is -0.402. The van der Waals surface area contributed by atoms with Crippen molar-refractivity contribution in [2.45, 2.75) is 51.9 Å². The zero-order chi connectivity index (χ0) is 18.2. The average molecular weight is 447 g/mol. The van der Waals surface area contributed by atoms with E-state index in [-0.39, 0.29) is 23.2 Å². The molecule has 0 bridgehead atoms. The number of rotatable bonds is 7. The highest BCUT2D eigenvalue weighted by atomic mass is 127. The molecule has 1 amide bonds. The maximum absolute atomic E-state index is 12.2. The molecule has 1 atom stereocenters. The topological polar surface area (TPSA) is 81.7 Å². The van der Waals surface area contributed by atoms with Crippen LogP contribution < -0.4 is 5.32 Å². The molecule has 132 valence electrons. The molecule has 0 spiro atoms. The number of carbonyl (C=O) groups is 3. The van der Waals surface area contributed by atoms with Gasteiger partial charge in [-0.3, -0.25) is 4.79 Å². The first-order valence-electron chi connectivity index (χ1n) is 7.56. The fourth-order valence-electron chi connectivity index (χ4n) is 1.79. The van der Waals surface area contributed by atoms with Crippen LogP contribution in [0.3, 0.4) is 0 Å². The van der Waals surface area contributed by atoms with Crippen LogP contribution in [0.1, 0.15) is 39.2 Å². The Kier molecular flexibility index (Phi) is 8.17. The Morgan fingerprint density at radius 2 is 1.79 bits per heavy atom. The van der Waals surface area contributed by atoms with Crippen LogP contribution in [0.5, 0.6) is 0 Å². The van der Waals surface area contributed by atoms with Crippen molar-refractivity contribution in [2.75, 3.05) is 0 Å². The van der Waals surface area contributed by atoms with Crippen LogP contribution in [0.4, 0.5) is 4.79 Å². The largest absolute Gasteiger partial charge is 0.459 e. The van der Waals surface area contributed by atoms with E-state index in [1.54, 1.807) is 43.4 Å². The Hall–Kier alpha value is -1.64. The summed E-state index contributed by atoms with van der Waals surface area (Å²) in [6.45, 7) is 5.28. The molecule has 0 radical (unpaired) electrons. The van der Waals surface area contributed by atoms with Crippen molar-refractivity contribution in [3.05, 3.63) is 35.9 Å². The predicted octanol–water partition coefficient (Wildman–Crippen LogP) is 3.36. The van der Waals surface area contributed by atoms with Gasteiger partial charge in [-0.1, -0.05) is 30.3 Å². The van der Waals surface area contributed by atoms with Crippen molar-refractivity contribution in [3.63, 3.8) is 0 Å². The lowest BCUT2D eigenvalue weighted by Gasteiger charge is -2.22. The van der Waals surface area contributed by atoms with E-state index in [0.29, 0.717) is 0 Å². The summed E-state index contributed by atoms with van der Waals surface area (Å²) >= 11 is 1.65. The van der Waals surface area contributed by atoms with Crippen molar-refractivity contribution in [1.29, 1.82) is 0 Å². The van der Waals surface area contributed by atoms with Crippen LogP contribution in [0, 0.1) is 0 Å². The lowest BCUT2D eigenvalue weighted by Crippen LogP contribution is -2.44. The van der Waals surface area contributed by atoms with Gasteiger partial charge in [-0.05, 0) is 55.3 Å². The molecular formula is C17H22INO5. The van der Waals surface area contributed by atoms with Crippen molar-refractivity contribution < 1.29 is 23.9 Å². The molecular weight excluding hydrogens is 425 g/mol. The van der Waals surface area contributed by atoms with Crippen LogP contribution in [0.25, 0.3) is 0 Å². The smallest absolute Gasteiger partial charge is 0.408 e. The molecule has 0 fully saturated rings. The number of halogens is 1. The van der Waals surface area contributed by atoms with Crippen molar-refractivity contribution >= 4 is 38.4 Å². The van der Waals surface area contributed by atoms with Crippen LogP contribution in [-0.2, 0) is 25.7 Å². The maximum Gasteiger partial charge on any atom is 0.408 e. The molecule has 24 heavy (non-hydrogen) atoms. The minimum atomic E-state index is -0.928. The van der Waals surface area contributed by atoms with Crippen LogP contribution in [-0.4, -0.2) is 27.5 Å². The van der Waals surface area contributed by atoms with E-state index in [2.05, 4.69) is 5.32 Å². The number of ether oxygens (including phenoxy) is 2. The summed E-state index contributed by atoms with van der Waals surface area (Å²) in [6, 6.07) is 8.28. The second kappa shape index (κ2) is 9.61. The van der Waals surface area contributed by atoms with E-state index in [0.717, 1.165) is 5.56 Å². The number of amides is 1. The molecule has 1 aromatic carbocycles. The Morgan fingerprint density at radius 1 is 1.17 bits per heavy atom. The summed E-state index contributed by atoms with van der Waals surface area (Å²) < 4.78 is 10.3. The minimum absolute atomic E-state index is 0.0977. The summed E-state index contributed by atoms with van der Waals surface area (Å²) in [5.41, 5.74) is 0.161. The van der Waals surface area contributed by atoms with Gasteiger partial charge in [0.1, 0.15) is 18.2 Å². The van der Waals surface area contributed by atoms with E-state index in [1.807, 2.05) is 30.3 Å². The first kappa shape index (κ1) is 20.4. The zero-order valence-corrected chi connectivity index (χ0v) is 16.2. The third-order valence-corrected chi connectivity index (χ3v) is 3.37. The fourth-order valence-corrected chi connectivity index (χ4v) is 2.10. The third-order valence-electron chi connectivity index (χ3n) is 2.83. The zero-order valence-electron chi connectivity index (χ0n) is 14.0. The molecule has 0 aliphatic heterocycles. The van der Waals surface area contributed by atoms with E-state index in [1.165, 1.54) is 0 Å². The van der Waals surface area contributed by atoms with E-state index >= 15 is 0 Å². The van der Waals surface area contributed by atoms with Gasteiger partial charge in [-0.25, -0.2) is 9.59 Å². The molecule has 1 rings (SSSR count). The molecule has 0 saturated carbocycles. The highest BCUT2D eigenvalue weighted by molar-refractivity contribution is 14.1. The number of hydrogen-bond acceptors (Lipinski definition) is 5. The first-order valence-corrected chi connectivity index (χ1v) is 8.63. The Bertz CT molecular complexity index is 568. The quantitative estimate of drug-likeness (QED) is 0.394. The average Bonchev–Trinajstić information content (AvgIpc) is 2.48. The number of alkyl carbamates (subject to hydrolysis) is 1. The second-order valence-corrected chi connectivity index (χ2v) is 7.39. The SMILES string of the molecule is CC(C)(C)OC(=O)N[C@@H](CCC(=O)I)C(=O)OCc1ccccc1.